The highest BCUT2D eigenvalue weighted by Crippen LogP contribution is 2.35. The number of guanidine groups is 1. The molecule has 0 fully saturated rings. The number of rotatable bonds is 6. The summed E-state index contributed by atoms with van der Waals surface area (Å²) in [5.41, 5.74) is -0.518. The third-order valence-electron chi connectivity index (χ3n) is 4.62. The van der Waals surface area contributed by atoms with Crippen molar-refractivity contribution in [2.45, 2.75) is 32.7 Å². The lowest BCUT2D eigenvalue weighted by atomic mass is 10.0. The van der Waals surface area contributed by atoms with Crippen LogP contribution in [0, 0.1) is 5.41 Å². The normalized spacial score (nSPS) is 15.9. The van der Waals surface area contributed by atoms with E-state index >= 15 is 0 Å². The van der Waals surface area contributed by atoms with Gasteiger partial charge in [-0.2, -0.15) is 22.0 Å². The zero-order valence-electron chi connectivity index (χ0n) is 17.9. The monoisotopic (exact) mass is 481 g/mol. The Balaban J connectivity index is 2.01. The molecule has 7 nitrogen and oxygen atoms in total. The molecular weight excluding hydrogens is 461 g/mol. The highest BCUT2D eigenvalue weighted by molar-refractivity contribution is 6.19. The Morgan fingerprint density at radius 3 is 2.53 bits per heavy atom. The topological polar surface area (TPSA) is 102 Å². The van der Waals surface area contributed by atoms with Crippen LogP contribution in [0.3, 0.4) is 0 Å². The number of nitrogens with one attached hydrogen (secondary N) is 3. The number of aromatic hydroxyl groups is 1. The van der Waals surface area contributed by atoms with Gasteiger partial charge in [0.25, 0.3) is 0 Å². The van der Waals surface area contributed by atoms with E-state index in [9.17, 15) is 27.1 Å². The van der Waals surface area contributed by atoms with Gasteiger partial charge >= 0.3 is 12.8 Å². The van der Waals surface area contributed by atoms with Crippen molar-refractivity contribution in [1.82, 2.24) is 10.6 Å². The highest BCUT2D eigenvalue weighted by Gasteiger charge is 2.33. The van der Waals surface area contributed by atoms with Gasteiger partial charge in [-0.3, -0.25) is 0 Å². The number of benzene rings is 2. The highest BCUT2D eigenvalue weighted by atomic mass is 19.4. The number of halogens is 5. The molecule has 0 bridgehead atoms. The molecule has 0 saturated heterocycles. The van der Waals surface area contributed by atoms with E-state index in [0.717, 1.165) is 11.6 Å². The van der Waals surface area contributed by atoms with Crippen LogP contribution in [0.15, 0.2) is 64.4 Å². The van der Waals surface area contributed by atoms with Crippen LogP contribution in [0.2, 0.25) is 0 Å². The Labute approximate surface area is 191 Å². The molecule has 1 atom stereocenters. The standard InChI is InChI=1S/C22H20F5N5O2/c1-11(28)8-17-19(16-7-6-14(22(25,26)27)10-18(16)34-20(23)24)31-32-21(30-17)29-12(2)13-4-3-5-15(33)9-13/h3-10,12,20,28,33H,1-2H3,(H2,29,30,32)/b17-8-,28-11?. The average Bonchev–Trinajstić information content (AvgIpc) is 2.73. The van der Waals surface area contributed by atoms with Crippen LogP contribution < -0.4 is 15.4 Å². The van der Waals surface area contributed by atoms with Crippen molar-refractivity contribution in [2.75, 3.05) is 0 Å². The van der Waals surface area contributed by atoms with Crippen LogP contribution in [0.1, 0.15) is 36.6 Å². The minimum atomic E-state index is -4.77. The molecule has 0 aromatic heterocycles. The van der Waals surface area contributed by atoms with Crippen molar-refractivity contribution in [3.05, 3.63) is 70.9 Å². The summed E-state index contributed by atoms with van der Waals surface area (Å²) < 4.78 is 69.5. The second-order valence-corrected chi connectivity index (χ2v) is 7.31. The Kier molecular flexibility index (Phi) is 7.18. The first kappa shape index (κ1) is 24.7. The maximum atomic E-state index is 13.1. The third-order valence-corrected chi connectivity index (χ3v) is 4.62. The fourth-order valence-corrected chi connectivity index (χ4v) is 3.12. The van der Waals surface area contributed by atoms with Crippen LogP contribution in [-0.4, -0.2) is 29.1 Å². The van der Waals surface area contributed by atoms with Crippen LogP contribution in [0.4, 0.5) is 22.0 Å². The molecule has 0 aliphatic carbocycles. The number of ether oxygens (including phenoxy) is 1. The first-order valence-electron chi connectivity index (χ1n) is 9.86. The molecule has 1 aliphatic rings. The van der Waals surface area contributed by atoms with Gasteiger partial charge < -0.3 is 25.9 Å². The fraction of sp³-hybridized carbons (Fsp3) is 0.227. The number of allylic oxidation sites excluding steroid dienone is 2. The number of alkyl halides is 5. The Hall–Kier alpha value is -3.96. The van der Waals surface area contributed by atoms with E-state index < -0.39 is 24.1 Å². The van der Waals surface area contributed by atoms with E-state index in [0.29, 0.717) is 12.1 Å². The SMILES string of the molecule is CC(=N)/C=C1\NC(NC(C)c2cccc(O)c2)=NN=C1c1ccc(C(F)(F)F)cc1OC(F)F. The first-order valence-corrected chi connectivity index (χ1v) is 9.86. The van der Waals surface area contributed by atoms with Crippen molar-refractivity contribution in [3.8, 4) is 11.5 Å². The molecule has 0 saturated carbocycles. The first-order chi connectivity index (χ1) is 15.9. The van der Waals surface area contributed by atoms with E-state index in [-0.39, 0.29) is 40.4 Å². The Bertz CT molecular complexity index is 1170. The van der Waals surface area contributed by atoms with Crippen LogP contribution >= 0.6 is 0 Å². The number of hydrogen-bond acceptors (Lipinski definition) is 7. The van der Waals surface area contributed by atoms with Crippen LogP contribution in [-0.2, 0) is 6.18 Å². The van der Waals surface area contributed by atoms with Crippen molar-refractivity contribution in [2.24, 2.45) is 10.2 Å². The lowest BCUT2D eigenvalue weighted by Gasteiger charge is -2.23. The summed E-state index contributed by atoms with van der Waals surface area (Å²) in [7, 11) is 0. The summed E-state index contributed by atoms with van der Waals surface area (Å²) in [5.74, 6) is -0.534. The van der Waals surface area contributed by atoms with Crippen molar-refractivity contribution in [1.29, 1.82) is 5.41 Å². The predicted molar refractivity (Wildman–Crippen MR) is 116 cm³/mol. The maximum Gasteiger partial charge on any atom is 0.416 e. The lowest BCUT2D eigenvalue weighted by molar-refractivity contribution is -0.138. The Morgan fingerprint density at radius 2 is 1.91 bits per heavy atom. The summed E-state index contributed by atoms with van der Waals surface area (Å²) in [6.45, 7) is -0.141. The van der Waals surface area contributed by atoms with E-state index in [1.807, 2.05) is 0 Å². The smallest absolute Gasteiger partial charge is 0.416 e. The third kappa shape index (κ3) is 6.09. The van der Waals surface area contributed by atoms with Gasteiger partial charge in [0.2, 0.25) is 5.96 Å². The summed E-state index contributed by atoms with van der Waals surface area (Å²) in [6, 6.07) is 8.27. The van der Waals surface area contributed by atoms with Gasteiger partial charge in [0.1, 0.15) is 17.2 Å². The summed E-state index contributed by atoms with van der Waals surface area (Å²) in [4.78, 5) is 0. The van der Waals surface area contributed by atoms with Crippen molar-refractivity contribution >= 4 is 17.4 Å². The van der Waals surface area contributed by atoms with Crippen LogP contribution in [0.25, 0.3) is 0 Å². The molecule has 1 unspecified atom stereocenters. The fourth-order valence-electron chi connectivity index (χ4n) is 3.12. The molecule has 12 heteroatoms. The molecule has 180 valence electrons. The number of phenols is 1. The molecule has 3 rings (SSSR count). The van der Waals surface area contributed by atoms with Crippen LogP contribution in [0.5, 0.6) is 11.5 Å². The largest absolute Gasteiger partial charge is 0.508 e. The zero-order chi connectivity index (χ0) is 25.0. The van der Waals surface area contributed by atoms with E-state index in [4.69, 9.17) is 5.41 Å². The van der Waals surface area contributed by atoms with E-state index in [2.05, 4.69) is 25.6 Å². The maximum absolute atomic E-state index is 13.1. The molecule has 4 N–H and O–H groups in total. The minimum Gasteiger partial charge on any atom is -0.508 e. The van der Waals surface area contributed by atoms with E-state index in [1.54, 1.807) is 25.1 Å². The Morgan fingerprint density at radius 1 is 1.18 bits per heavy atom. The summed E-state index contributed by atoms with van der Waals surface area (Å²) in [6.07, 6.45) is -3.45. The molecule has 2 aromatic rings. The quantitative estimate of drug-likeness (QED) is 0.346. The molecule has 0 amide bonds. The molecule has 2 aromatic carbocycles. The molecule has 1 aliphatic heterocycles. The lowest BCUT2D eigenvalue weighted by Crippen LogP contribution is -2.42. The molecule has 0 radical (unpaired) electrons. The van der Waals surface area contributed by atoms with Crippen molar-refractivity contribution < 1.29 is 31.8 Å². The zero-order valence-corrected chi connectivity index (χ0v) is 17.9. The van der Waals surface area contributed by atoms with Gasteiger partial charge in [-0.1, -0.05) is 12.1 Å². The van der Waals surface area contributed by atoms with Gasteiger partial charge in [0.15, 0.2) is 0 Å². The second kappa shape index (κ2) is 9.89. The van der Waals surface area contributed by atoms with Gasteiger partial charge in [-0.15, -0.1) is 10.2 Å². The number of nitrogens with zero attached hydrogens (tertiary/aromatic N) is 2. The molecular formula is C22H20F5N5O2. The molecule has 1 heterocycles. The average molecular weight is 481 g/mol. The molecule has 34 heavy (non-hydrogen) atoms. The van der Waals surface area contributed by atoms with Gasteiger partial charge in [0, 0.05) is 11.3 Å². The van der Waals surface area contributed by atoms with Gasteiger partial charge in [0.05, 0.1) is 17.3 Å². The number of phenolic OH excluding ortho intramolecular Hbond substituents is 1. The van der Waals surface area contributed by atoms with Crippen molar-refractivity contribution in [3.63, 3.8) is 0 Å². The van der Waals surface area contributed by atoms with Gasteiger partial charge in [-0.05, 0) is 55.8 Å². The molecule has 0 spiro atoms. The predicted octanol–water partition coefficient (Wildman–Crippen LogP) is 4.95. The van der Waals surface area contributed by atoms with Gasteiger partial charge in [-0.25, -0.2) is 0 Å². The summed E-state index contributed by atoms with van der Waals surface area (Å²) in [5, 5.41) is 31.3. The summed E-state index contributed by atoms with van der Waals surface area (Å²) >= 11 is 0. The van der Waals surface area contributed by atoms with E-state index in [1.165, 1.54) is 19.1 Å². The number of hydrogen-bond donors (Lipinski definition) is 4. The second-order valence-electron chi connectivity index (χ2n) is 7.31. The minimum absolute atomic E-state index is 0.0562.